The Labute approximate surface area is 102 Å². The molecule has 1 aliphatic heterocycles. The molecular formula is C13H20FN3. The van der Waals surface area contributed by atoms with Gasteiger partial charge in [-0.2, -0.15) is 0 Å². The van der Waals surface area contributed by atoms with E-state index in [1.165, 1.54) is 25.1 Å². The number of hydrogen-bond donors (Lipinski definition) is 1. The first-order valence-electron chi connectivity index (χ1n) is 6.22. The van der Waals surface area contributed by atoms with Crippen molar-refractivity contribution in [2.45, 2.75) is 31.8 Å². The van der Waals surface area contributed by atoms with Gasteiger partial charge in [-0.1, -0.05) is 0 Å². The van der Waals surface area contributed by atoms with Gasteiger partial charge in [0.25, 0.3) is 0 Å². The van der Waals surface area contributed by atoms with Crippen molar-refractivity contribution in [2.24, 2.45) is 0 Å². The average Bonchev–Trinajstić information content (AvgIpc) is 2.39. The number of aromatic nitrogens is 1. The van der Waals surface area contributed by atoms with Crippen LogP contribution >= 0.6 is 0 Å². The van der Waals surface area contributed by atoms with Crippen LogP contribution < -0.4 is 5.32 Å². The van der Waals surface area contributed by atoms with Gasteiger partial charge in [-0.25, -0.2) is 4.39 Å². The van der Waals surface area contributed by atoms with Crippen LogP contribution in [0.4, 0.5) is 4.39 Å². The van der Waals surface area contributed by atoms with E-state index < -0.39 is 0 Å². The molecule has 1 saturated heterocycles. The molecular weight excluding hydrogens is 217 g/mol. The molecule has 1 aromatic heterocycles. The summed E-state index contributed by atoms with van der Waals surface area (Å²) in [5.41, 5.74) is 0.930. The predicted octanol–water partition coefficient (Wildman–Crippen LogP) is 1.97. The number of rotatable bonds is 3. The number of halogens is 1. The molecule has 1 aromatic rings. The zero-order valence-corrected chi connectivity index (χ0v) is 10.5. The van der Waals surface area contributed by atoms with Crippen molar-refractivity contribution in [3.8, 4) is 0 Å². The highest BCUT2D eigenvalue weighted by Crippen LogP contribution is 2.21. The van der Waals surface area contributed by atoms with E-state index in [0.717, 1.165) is 18.8 Å². The first kappa shape index (κ1) is 12.5. The summed E-state index contributed by atoms with van der Waals surface area (Å²) in [5.74, 6) is -0.275. The maximum atomic E-state index is 12.8. The van der Waals surface area contributed by atoms with Crippen LogP contribution in [-0.4, -0.2) is 36.1 Å². The Morgan fingerprint density at radius 3 is 2.94 bits per heavy atom. The highest BCUT2D eigenvalue weighted by molar-refractivity contribution is 5.09. The molecule has 17 heavy (non-hydrogen) atoms. The fourth-order valence-electron chi connectivity index (χ4n) is 2.34. The lowest BCUT2D eigenvalue weighted by atomic mass is 10.0. The Bertz CT molecular complexity index is 346. The van der Waals surface area contributed by atoms with Crippen LogP contribution in [-0.2, 0) is 0 Å². The molecule has 1 fully saturated rings. The van der Waals surface area contributed by atoms with Crippen molar-refractivity contribution in [3.63, 3.8) is 0 Å². The molecule has 2 unspecified atom stereocenters. The Kier molecular flexibility index (Phi) is 4.07. The maximum absolute atomic E-state index is 12.8. The topological polar surface area (TPSA) is 28.2 Å². The zero-order chi connectivity index (χ0) is 12.3. The monoisotopic (exact) mass is 237 g/mol. The lowest BCUT2D eigenvalue weighted by Gasteiger charge is -2.35. The van der Waals surface area contributed by atoms with Gasteiger partial charge in [0.1, 0.15) is 5.82 Å². The van der Waals surface area contributed by atoms with E-state index in [2.05, 4.69) is 29.2 Å². The van der Waals surface area contributed by atoms with Crippen LogP contribution in [0, 0.1) is 5.82 Å². The van der Waals surface area contributed by atoms with Crippen LogP contribution in [0.5, 0.6) is 0 Å². The zero-order valence-electron chi connectivity index (χ0n) is 10.5. The van der Waals surface area contributed by atoms with Gasteiger partial charge in [0.05, 0.1) is 11.9 Å². The van der Waals surface area contributed by atoms with E-state index in [-0.39, 0.29) is 11.9 Å². The predicted molar refractivity (Wildman–Crippen MR) is 66.3 cm³/mol. The van der Waals surface area contributed by atoms with Crippen LogP contribution in [0.25, 0.3) is 0 Å². The molecule has 2 rings (SSSR count). The summed E-state index contributed by atoms with van der Waals surface area (Å²) in [5, 5.41) is 3.41. The van der Waals surface area contributed by atoms with Gasteiger partial charge in [-0.15, -0.1) is 0 Å². The van der Waals surface area contributed by atoms with E-state index in [0.29, 0.717) is 6.04 Å². The summed E-state index contributed by atoms with van der Waals surface area (Å²) in [6.45, 7) is 4.27. The smallest absolute Gasteiger partial charge is 0.141 e. The highest BCUT2D eigenvalue weighted by Gasteiger charge is 2.23. The molecule has 0 aromatic carbocycles. The fraction of sp³-hybridized carbons (Fsp3) is 0.615. The van der Waals surface area contributed by atoms with Gasteiger partial charge in [0.2, 0.25) is 0 Å². The second-order valence-corrected chi connectivity index (χ2v) is 4.74. The summed E-state index contributed by atoms with van der Waals surface area (Å²) in [6, 6.07) is 4.02. The second kappa shape index (κ2) is 5.56. The summed E-state index contributed by atoms with van der Waals surface area (Å²) in [7, 11) is 2.12. The van der Waals surface area contributed by atoms with Crippen molar-refractivity contribution in [1.29, 1.82) is 0 Å². The molecule has 4 heteroatoms. The number of piperidine rings is 1. The van der Waals surface area contributed by atoms with Gasteiger partial charge in [0, 0.05) is 18.6 Å². The standard InChI is InChI=1S/C13H20FN3/c1-10(13-6-5-11(14)8-16-13)17(2)12-4-3-7-15-9-12/h5-6,8,10,12,15H,3-4,7,9H2,1-2H3. The number of nitrogens with zero attached hydrogens (tertiary/aromatic N) is 2. The summed E-state index contributed by atoms with van der Waals surface area (Å²) in [6.07, 6.45) is 3.73. The molecule has 0 saturated carbocycles. The second-order valence-electron chi connectivity index (χ2n) is 4.74. The van der Waals surface area contributed by atoms with E-state index in [1.54, 1.807) is 6.07 Å². The third kappa shape index (κ3) is 3.01. The minimum Gasteiger partial charge on any atom is -0.315 e. The Hall–Kier alpha value is -1.00. The molecule has 2 atom stereocenters. The first-order chi connectivity index (χ1) is 8.18. The van der Waals surface area contributed by atoms with Crippen molar-refractivity contribution in [1.82, 2.24) is 15.2 Å². The number of nitrogens with one attached hydrogen (secondary N) is 1. The van der Waals surface area contributed by atoms with Crippen molar-refractivity contribution in [3.05, 3.63) is 29.8 Å². The SMILES string of the molecule is CC(c1ccc(F)cn1)N(C)C1CCCNC1. The van der Waals surface area contributed by atoms with Crippen LogP contribution in [0.3, 0.4) is 0 Å². The number of pyridine rings is 1. The molecule has 3 nitrogen and oxygen atoms in total. The quantitative estimate of drug-likeness (QED) is 0.871. The summed E-state index contributed by atoms with van der Waals surface area (Å²) >= 11 is 0. The molecule has 94 valence electrons. The molecule has 0 spiro atoms. The molecule has 1 aliphatic rings. The first-order valence-corrected chi connectivity index (χ1v) is 6.22. The highest BCUT2D eigenvalue weighted by atomic mass is 19.1. The van der Waals surface area contributed by atoms with E-state index in [9.17, 15) is 4.39 Å². The van der Waals surface area contributed by atoms with Gasteiger partial charge in [-0.3, -0.25) is 9.88 Å². The number of likely N-dealkylation sites (N-methyl/N-ethyl adjacent to an activating group) is 1. The van der Waals surface area contributed by atoms with E-state index >= 15 is 0 Å². The molecule has 0 bridgehead atoms. The summed E-state index contributed by atoms with van der Waals surface area (Å²) < 4.78 is 12.8. The van der Waals surface area contributed by atoms with Gasteiger partial charge in [0.15, 0.2) is 0 Å². The molecule has 0 radical (unpaired) electrons. The van der Waals surface area contributed by atoms with Crippen molar-refractivity contribution in [2.75, 3.05) is 20.1 Å². The van der Waals surface area contributed by atoms with Crippen LogP contribution in [0.1, 0.15) is 31.5 Å². The molecule has 1 N–H and O–H groups in total. The fourth-order valence-corrected chi connectivity index (χ4v) is 2.34. The third-order valence-electron chi connectivity index (χ3n) is 3.64. The Morgan fingerprint density at radius 1 is 1.53 bits per heavy atom. The maximum Gasteiger partial charge on any atom is 0.141 e. The summed E-state index contributed by atoms with van der Waals surface area (Å²) in [4.78, 5) is 6.48. The number of hydrogen-bond acceptors (Lipinski definition) is 3. The Balaban J connectivity index is 2.02. The van der Waals surface area contributed by atoms with Crippen LogP contribution in [0.2, 0.25) is 0 Å². The van der Waals surface area contributed by atoms with Gasteiger partial charge >= 0.3 is 0 Å². The van der Waals surface area contributed by atoms with E-state index in [1.807, 2.05) is 0 Å². The average molecular weight is 237 g/mol. The van der Waals surface area contributed by atoms with Gasteiger partial charge in [-0.05, 0) is 45.5 Å². The molecule has 2 heterocycles. The van der Waals surface area contributed by atoms with Crippen molar-refractivity contribution >= 4 is 0 Å². The molecule has 0 amide bonds. The van der Waals surface area contributed by atoms with Crippen LogP contribution in [0.15, 0.2) is 18.3 Å². The van der Waals surface area contributed by atoms with Gasteiger partial charge < -0.3 is 5.32 Å². The largest absolute Gasteiger partial charge is 0.315 e. The minimum atomic E-state index is -0.275. The lowest BCUT2D eigenvalue weighted by Crippen LogP contribution is -2.45. The Morgan fingerprint density at radius 2 is 2.35 bits per heavy atom. The van der Waals surface area contributed by atoms with E-state index in [4.69, 9.17) is 0 Å². The normalized spacial score (nSPS) is 22.7. The minimum absolute atomic E-state index is 0.223. The lowest BCUT2D eigenvalue weighted by molar-refractivity contribution is 0.154. The molecule has 0 aliphatic carbocycles. The third-order valence-corrected chi connectivity index (χ3v) is 3.64. The van der Waals surface area contributed by atoms with Crippen molar-refractivity contribution < 1.29 is 4.39 Å².